The van der Waals surface area contributed by atoms with Gasteiger partial charge in [-0.2, -0.15) is 0 Å². The zero-order valence-corrected chi connectivity index (χ0v) is 16.0. The van der Waals surface area contributed by atoms with Gasteiger partial charge in [0.05, 0.1) is 12.5 Å². The summed E-state index contributed by atoms with van der Waals surface area (Å²) in [6.07, 6.45) is 1.86. The van der Waals surface area contributed by atoms with E-state index in [2.05, 4.69) is 11.9 Å². The van der Waals surface area contributed by atoms with Gasteiger partial charge in [-0.3, -0.25) is 4.79 Å². The molecule has 7 nitrogen and oxygen atoms in total. The highest BCUT2D eigenvalue weighted by Crippen LogP contribution is 2.64. The van der Waals surface area contributed by atoms with Gasteiger partial charge in [0.25, 0.3) is 0 Å². The van der Waals surface area contributed by atoms with Gasteiger partial charge in [0.2, 0.25) is 0 Å². The number of aromatic hydroxyl groups is 1. The monoisotopic (exact) mass is 389 g/mol. The second-order valence-electron chi connectivity index (χ2n) is 8.77. The highest BCUT2D eigenvalue weighted by Gasteiger charge is 2.65. The maximum absolute atomic E-state index is 10.8. The van der Waals surface area contributed by atoms with Gasteiger partial charge in [-0.15, -0.1) is 0 Å². The maximum Gasteiger partial charge on any atom is 0.303 e. The molecule has 1 saturated carbocycles. The number of carboxylic acids is 1. The van der Waals surface area contributed by atoms with Crippen molar-refractivity contribution in [1.82, 2.24) is 4.90 Å². The van der Waals surface area contributed by atoms with E-state index in [1.807, 2.05) is 6.07 Å². The van der Waals surface area contributed by atoms with Gasteiger partial charge >= 0.3 is 5.97 Å². The van der Waals surface area contributed by atoms with E-state index in [0.29, 0.717) is 17.7 Å². The van der Waals surface area contributed by atoms with Crippen molar-refractivity contribution in [3.8, 4) is 11.5 Å². The lowest BCUT2D eigenvalue weighted by Gasteiger charge is -2.59. The summed E-state index contributed by atoms with van der Waals surface area (Å²) in [6.45, 7) is 0.962. The highest BCUT2D eigenvalue weighted by molar-refractivity contribution is 5.66. The standard InChI is InChI=1S/C21H27NO6/c1-22-9-8-21-12-3-5-15(27-17(26)7-6-16(24)25)20(21)28-19-14(23)4-2-11(18(19)21)10-13(12)22/h2,4,12-13,15,17,20,23,26H,3,5-10H2,1H3,(H,24,25). The molecule has 1 spiro atoms. The second kappa shape index (κ2) is 6.34. The summed E-state index contributed by atoms with van der Waals surface area (Å²) in [7, 11) is 2.19. The topological polar surface area (TPSA) is 99.5 Å². The van der Waals surface area contributed by atoms with Crippen LogP contribution < -0.4 is 4.74 Å². The van der Waals surface area contributed by atoms with Gasteiger partial charge < -0.3 is 29.7 Å². The van der Waals surface area contributed by atoms with E-state index >= 15 is 0 Å². The molecule has 0 amide bonds. The summed E-state index contributed by atoms with van der Waals surface area (Å²) in [5, 5.41) is 29.6. The van der Waals surface area contributed by atoms with Crippen LogP contribution in [-0.2, 0) is 21.4 Å². The predicted octanol–water partition coefficient (Wildman–Crippen LogP) is 1.63. The van der Waals surface area contributed by atoms with Crippen molar-refractivity contribution >= 4 is 5.97 Å². The molecule has 2 aliphatic carbocycles. The predicted molar refractivity (Wildman–Crippen MR) is 99.4 cm³/mol. The number of ether oxygens (including phenoxy) is 2. The fourth-order valence-electron chi connectivity index (χ4n) is 6.35. The number of phenolic OH excluding ortho intramolecular Hbond substituents is 1. The molecule has 6 unspecified atom stereocenters. The SMILES string of the molecule is CN1CCC23c4c5ccc(O)c4OC2C(OC(O)CCC(=O)O)CCC3C1C5. The third-order valence-electron chi connectivity index (χ3n) is 7.48. The zero-order valence-electron chi connectivity index (χ0n) is 16.0. The molecule has 0 radical (unpaired) electrons. The summed E-state index contributed by atoms with van der Waals surface area (Å²) in [5.74, 6) is 0.243. The number of hydrogen-bond donors (Lipinski definition) is 3. The number of aliphatic hydroxyl groups excluding tert-OH is 1. The fourth-order valence-corrected chi connectivity index (χ4v) is 6.35. The molecular weight excluding hydrogens is 362 g/mol. The van der Waals surface area contributed by atoms with Crippen molar-refractivity contribution in [2.75, 3.05) is 13.6 Å². The normalized spacial score (nSPS) is 36.5. The van der Waals surface area contributed by atoms with Crippen LogP contribution in [-0.4, -0.2) is 64.3 Å². The quantitative estimate of drug-likeness (QED) is 0.658. The van der Waals surface area contributed by atoms with Crippen LogP contribution in [0.15, 0.2) is 12.1 Å². The van der Waals surface area contributed by atoms with Gasteiger partial charge in [0, 0.05) is 23.4 Å². The van der Waals surface area contributed by atoms with Crippen molar-refractivity contribution in [1.29, 1.82) is 0 Å². The Morgan fingerprint density at radius 3 is 3.04 bits per heavy atom. The Kier molecular flexibility index (Phi) is 4.12. The second-order valence-corrected chi connectivity index (χ2v) is 8.77. The van der Waals surface area contributed by atoms with E-state index in [4.69, 9.17) is 14.6 Å². The average Bonchev–Trinajstić information content (AvgIpc) is 3.01. The lowest BCUT2D eigenvalue weighted by Crippen LogP contribution is -2.66. The lowest BCUT2D eigenvalue weighted by atomic mass is 9.51. The van der Waals surface area contributed by atoms with E-state index in [1.54, 1.807) is 6.07 Å². The van der Waals surface area contributed by atoms with Crippen molar-refractivity contribution in [3.63, 3.8) is 0 Å². The number of aliphatic hydroxyl groups is 1. The minimum absolute atomic E-state index is 0.0593. The molecule has 2 bridgehead atoms. The number of nitrogens with zero attached hydrogens (tertiary/aromatic N) is 1. The van der Waals surface area contributed by atoms with Crippen molar-refractivity contribution in [3.05, 3.63) is 23.3 Å². The maximum atomic E-state index is 10.8. The number of rotatable bonds is 5. The van der Waals surface area contributed by atoms with Gasteiger partial charge in [0.15, 0.2) is 17.8 Å². The third-order valence-corrected chi connectivity index (χ3v) is 7.48. The van der Waals surface area contributed by atoms with Crippen LogP contribution in [0.1, 0.15) is 43.2 Å². The first-order valence-electron chi connectivity index (χ1n) is 10.2. The van der Waals surface area contributed by atoms with Crippen molar-refractivity contribution in [2.45, 2.75) is 68.5 Å². The molecule has 2 aliphatic heterocycles. The summed E-state index contributed by atoms with van der Waals surface area (Å²) in [4.78, 5) is 13.2. The van der Waals surface area contributed by atoms with Crippen LogP contribution in [0.2, 0.25) is 0 Å². The molecule has 6 atom stereocenters. The molecule has 2 heterocycles. The Labute approximate surface area is 163 Å². The van der Waals surface area contributed by atoms with Crippen molar-refractivity contribution < 1.29 is 29.6 Å². The van der Waals surface area contributed by atoms with Crippen LogP contribution in [0.4, 0.5) is 0 Å². The van der Waals surface area contributed by atoms with Crippen molar-refractivity contribution in [2.24, 2.45) is 5.92 Å². The van der Waals surface area contributed by atoms with E-state index in [1.165, 1.54) is 5.56 Å². The number of carbonyl (C=O) groups is 1. The third kappa shape index (κ3) is 2.42. The molecule has 3 N–H and O–H groups in total. The number of hydrogen-bond acceptors (Lipinski definition) is 6. The number of aliphatic carboxylic acids is 1. The zero-order chi connectivity index (χ0) is 19.6. The summed E-state index contributed by atoms with van der Waals surface area (Å²) < 4.78 is 12.3. The lowest BCUT2D eigenvalue weighted by molar-refractivity contribution is -0.197. The Balaban J connectivity index is 1.51. The molecule has 4 aliphatic rings. The first-order chi connectivity index (χ1) is 13.4. The molecular formula is C21H27NO6. The first-order valence-corrected chi connectivity index (χ1v) is 10.2. The average molecular weight is 389 g/mol. The van der Waals surface area contributed by atoms with Crippen LogP contribution >= 0.6 is 0 Å². The summed E-state index contributed by atoms with van der Waals surface area (Å²) in [5.41, 5.74) is 2.20. The smallest absolute Gasteiger partial charge is 0.303 e. The van der Waals surface area contributed by atoms with Crippen LogP contribution in [0, 0.1) is 5.92 Å². The van der Waals surface area contributed by atoms with Crippen LogP contribution in [0.25, 0.3) is 0 Å². The van der Waals surface area contributed by atoms with E-state index in [0.717, 1.165) is 37.8 Å². The van der Waals surface area contributed by atoms with E-state index in [-0.39, 0.29) is 36.2 Å². The van der Waals surface area contributed by atoms with E-state index in [9.17, 15) is 15.0 Å². The Hall–Kier alpha value is -1.83. The summed E-state index contributed by atoms with van der Waals surface area (Å²) >= 11 is 0. The molecule has 1 aromatic carbocycles. The minimum Gasteiger partial charge on any atom is -0.504 e. The Morgan fingerprint density at radius 2 is 2.25 bits per heavy atom. The molecule has 7 heteroatoms. The number of benzene rings is 1. The van der Waals surface area contributed by atoms with E-state index < -0.39 is 12.3 Å². The molecule has 5 rings (SSSR count). The van der Waals surface area contributed by atoms with Gasteiger partial charge in [0.1, 0.15) is 6.10 Å². The first kappa shape index (κ1) is 18.2. The fraction of sp³-hybridized carbons (Fsp3) is 0.667. The Morgan fingerprint density at radius 1 is 1.43 bits per heavy atom. The molecule has 0 aromatic heterocycles. The highest BCUT2D eigenvalue weighted by atomic mass is 16.6. The largest absolute Gasteiger partial charge is 0.504 e. The molecule has 1 saturated heterocycles. The van der Waals surface area contributed by atoms with Gasteiger partial charge in [-0.25, -0.2) is 0 Å². The number of likely N-dealkylation sites (N-methyl/N-ethyl adjacent to an activating group) is 1. The van der Waals surface area contributed by atoms with Gasteiger partial charge in [-0.05, 0) is 56.8 Å². The number of carboxylic acid groups (broad SMARTS) is 1. The minimum atomic E-state index is -1.12. The number of likely N-dealkylation sites (tertiary alicyclic amines) is 1. The molecule has 28 heavy (non-hydrogen) atoms. The van der Waals surface area contributed by atoms with Crippen LogP contribution in [0.5, 0.6) is 11.5 Å². The van der Waals surface area contributed by atoms with Gasteiger partial charge in [-0.1, -0.05) is 6.07 Å². The van der Waals surface area contributed by atoms with Crippen LogP contribution in [0.3, 0.4) is 0 Å². The number of phenols is 1. The Bertz CT molecular complexity index is 812. The molecule has 2 fully saturated rings. The number of piperidine rings is 1. The molecule has 1 aromatic rings. The summed E-state index contributed by atoms with van der Waals surface area (Å²) in [6, 6.07) is 4.19. The molecule has 152 valence electrons.